The van der Waals surface area contributed by atoms with Crippen molar-refractivity contribution in [2.45, 2.75) is 25.4 Å². The fourth-order valence-corrected chi connectivity index (χ4v) is 1.97. The summed E-state index contributed by atoms with van der Waals surface area (Å²) in [6.45, 7) is 0.558. The monoisotopic (exact) mass is 283 g/mol. The molecule has 19 heavy (non-hydrogen) atoms. The first kappa shape index (κ1) is 15.7. The van der Waals surface area contributed by atoms with E-state index in [2.05, 4.69) is 0 Å². The Morgan fingerprint density at radius 3 is 2.37 bits per heavy atom. The van der Waals surface area contributed by atoms with Crippen molar-refractivity contribution in [2.24, 2.45) is 11.8 Å². The first-order valence-electron chi connectivity index (χ1n) is 5.96. The van der Waals surface area contributed by atoms with Crippen LogP contribution in [0.2, 0.25) is 0 Å². The van der Waals surface area contributed by atoms with Crippen molar-refractivity contribution in [3.63, 3.8) is 0 Å². The van der Waals surface area contributed by atoms with Gasteiger partial charge in [-0.25, -0.2) is 0 Å². The number of carboxylic acid groups (broad SMARTS) is 1. The van der Waals surface area contributed by atoms with Crippen molar-refractivity contribution in [1.29, 1.82) is 0 Å². The zero-order chi connectivity index (χ0) is 14.5. The molecule has 1 saturated heterocycles. The molecule has 2 N–H and O–H groups in total. The molecule has 0 spiro atoms. The van der Waals surface area contributed by atoms with Gasteiger partial charge >= 0.3 is 18.1 Å². The third-order valence-electron chi connectivity index (χ3n) is 3.07. The smallest absolute Gasteiger partial charge is 0.471 e. The SMILES string of the molecule is O=C(O)C(CNC(=O)C(F)(F)F)CC1CCOCC1. The second-order valence-electron chi connectivity index (χ2n) is 4.53. The lowest BCUT2D eigenvalue weighted by Crippen LogP contribution is -2.41. The van der Waals surface area contributed by atoms with Gasteiger partial charge in [-0.2, -0.15) is 13.2 Å². The molecule has 0 aromatic carbocycles. The van der Waals surface area contributed by atoms with E-state index in [4.69, 9.17) is 9.84 Å². The van der Waals surface area contributed by atoms with Crippen molar-refractivity contribution in [1.82, 2.24) is 5.32 Å². The molecular weight excluding hydrogens is 267 g/mol. The highest BCUT2D eigenvalue weighted by atomic mass is 19.4. The summed E-state index contributed by atoms with van der Waals surface area (Å²) in [5, 5.41) is 10.6. The second-order valence-corrected chi connectivity index (χ2v) is 4.53. The van der Waals surface area contributed by atoms with Gasteiger partial charge < -0.3 is 15.2 Å². The highest BCUT2D eigenvalue weighted by Crippen LogP contribution is 2.23. The van der Waals surface area contributed by atoms with E-state index in [0.717, 1.165) is 0 Å². The van der Waals surface area contributed by atoms with Gasteiger partial charge in [-0.3, -0.25) is 9.59 Å². The van der Waals surface area contributed by atoms with Crippen LogP contribution in [0.25, 0.3) is 0 Å². The number of nitrogens with one attached hydrogen (secondary N) is 1. The molecule has 1 aliphatic rings. The fourth-order valence-electron chi connectivity index (χ4n) is 1.97. The maximum atomic E-state index is 12.0. The fraction of sp³-hybridized carbons (Fsp3) is 0.818. The number of alkyl halides is 3. The minimum atomic E-state index is -4.98. The summed E-state index contributed by atoms with van der Waals surface area (Å²) in [5.74, 6) is -4.20. The summed E-state index contributed by atoms with van der Waals surface area (Å²) < 4.78 is 41.1. The lowest BCUT2D eigenvalue weighted by Gasteiger charge is -2.25. The maximum Gasteiger partial charge on any atom is 0.471 e. The van der Waals surface area contributed by atoms with E-state index in [1.807, 2.05) is 0 Å². The zero-order valence-corrected chi connectivity index (χ0v) is 10.2. The Labute approximate surface area is 108 Å². The number of aliphatic carboxylic acids is 1. The number of halogens is 3. The van der Waals surface area contributed by atoms with Crippen LogP contribution < -0.4 is 5.32 Å². The van der Waals surface area contributed by atoms with E-state index in [-0.39, 0.29) is 12.3 Å². The zero-order valence-electron chi connectivity index (χ0n) is 10.2. The quantitative estimate of drug-likeness (QED) is 0.794. The first-order valence-corrected chi connectivity index (χ1v) is 5.96. The Hall–Kier alpha value is -1.31. The van der Waals surface area contributed by atoms with Crippen LogP contribution in [0.3, 0.4) is 0 Å². The number of carbonyl (C=O) groups excluding carboxylic acids is 1. The van der Waals surface area contributed by atoms with Crippen LogP contribution in [0, 0.1) is 11.8 Å². The Morgan fingerprint density at radius 1 is 1.32 bits per heavy atom. The Kier molecular flexibility index (Phi) is 5.59. The lowest BCUT2D eigenvalue weighted by molar-refractivity contribution is -0.174. The average Bonchev–Trinajstić information content (AvgIpc) is 2.33. The van der Waals surface area contributed by atoms with E-state index in [9.17, 15) is 22.8 Å². The van der Waals surface area contributed by atoms with Gasteiger partial charge in [-0.05, 0) is 25.2 Å². The first-order chi connectivity index (χ1) is 8.80. The van der Waals surface area contributed by atoms with Gasteiger partial charge in [-0.1, -0.05) is 0 Å². The van der Waals surface area contributed by atoms with Crippen LogP contribution in [0.5, 0.6) is 0 Å². The van der Waals surface area contributed by atoms with E-state index >= 15 is 0 Å². The van der Waals surface area contributed by atoms with Crippen LogP contribution in [0.15, 0.2) is 0 Å². The molecule has 0 aliphatic carbocycles. The van der Waals surface area contributed by atoms with Gasteiger partial charge in [-0.15, -0.1) is 0 Å². The van der Waals surface area contributed by atoms with E-state index in [1.165, 1.54) is 0 Å². The van der Waals surface area contributed by atoms with Gasteiger partial charge in [0, 0.05) is 19.8 Å². The average molecular weight is 283 g/mol. The Balaban J connectivity index is 2.44. The minimum Gasteiger partial charge on any atom is -0.481 e. The molecule has 0 saturated carbocycles. The van der Waals surface area contributed by atoms with Crippen molar-refractivity contribution in [3.8, 4) is 0 Å². The van der Waals surface area contributed by atoms with Crippen molar-refractivity contribution >= 4 is 11.9 Å². The Morgan fingerprint density at radius 2 is 1.89 bits per heavy atom. The van der Waals surface area contributed by atoms with Gasteiger partial charge in [0.1, 0.15) is 0 Å². The summed E-state index contributed by atoms with van der Waals surface area (Å²) in [6.07, 6.45) is -3.35. The number of carboxylic acids is 1. The summed E-state index contributed by atoms with van der Waals surface area (Å²) >= 11 is 0. The molecule has 1 unspecified atom stereocenters. The largest absolute Gasteiger partial charge is 0.481 e. The molecular formula is C11H16F3NO4. The molecule has 1 heterocycles. The highest BCUT2D eigenvalue weighted by Gasteiger charge is 2.39. The van der Waals surface area contributed by atoms with Crippen LogP contribution in [0.4, 0.5) is 13.2 Å². The van der Waals surface area contributed by atoms with Crippen molar-refractivity contribution < 1.29 is 32.6 Å². The van der Waals surface area contributed by atoms with Crippen LogP contribution in [-0.2, 0) is 14.3 Å². The van der Waals surface area contributed by atoms with E-state index in [0.29, 0.717) is 26.1 Å². The predicted molar refractivity (Wildman–Crippen MR) is 58.4 cm³/mol. The van der Waals surface area contributed by atoms with Gasteiger partial charge in [0.05, 0.1) is 5.92 Å². The topological polar surface area (TPSA) is 75.6 Å². The molecule has 110 valence electrons. The lowest BCUT2D eigenvalue weighted by atomic mass is 9.89. The van der Waals surface area contributed by atoms with Crippen LogP contribution in [-0.4, -0.2) is 42.9 Å². The number of carbonyl (C=O) groups is 2. The molecule has 1 amide bonds. The molecule has 0 bridgehead atoms. The molecule has 8 heteroatoms. The second kappa shape index (κ2) is 6.74. The molecule has 0 radical (unpaired) electrons. The molecule has 0 aromatic rings. The van der Waals surface area contributed by atoms with E-state index < -0.39 is 30.5 Å². The normalized spacial score (nSPS) is 18.9. The van der Waals surface area contributed by atoms with Crippen molar-refractivity contribution in [3.05, 3.63) is 0 Å². The van der Waals surface area contributed by atoms with Crippen LogP contribution in [0.1, 0.15) is 19.3 Å². The number of ether oxygens (including phenoxy) is 1. The van der Waals surface area contributed by atoms with Gasteiger partial charge in [0.2, 0.25) is 0 Å². The summed E-state index contributed by atoms with van der Waals surface area (Å²) in [6, 6.07) is 0. The Bertz CT molecular complexity index is 326. The summed E-state index contributed by atoms with van der Waals surface area (Å²) in [5.41, 5.74) is 0. The standard InChI is InChI=1S/C11H16F3NO4/c12-11(13,14)10(18)15-6-8(9(16)17)5-7-1-3-19-4-2-7/h7-8H,1-6H2,(H,15,18)(H,16,17). The molecule has 1 atom stereocenters. The van der Waals surface area contributed by atoms with Gasteiger partial charge in [0.15, 0.2) is 0 Å². The summed E-state index contributed by atoms with van der Waals surface area (Å²) in [7, 11) is 0. The maximum absolute atomic E-state index is 12.0. The number of hydrogen-bond acceptors (Lipinski definition) is 3. The third kappa shape index (κ3) is 5.46. The van der Waals surface area contributed by atoms with E-state index in [1.54, 1.807) is 5.32 Å². The molecule has 1 aliphatic heterocycles. The third-order valence-corrected chi connectivity index (χ3v) is 3.07. The number of amides is 1. The van der Waals surface area contributed by atoms with Gasteiger partial charge in [0.25, 0.3) is 0 Å². The molecule has 0 aromatic heterocycles. The minimum absolute atomic E-state index is 0.109. The molecule has 5 nitrogen and oxygen atoms in total. The summed E-state index contributed by atoms with van der Waals surface area (Å²) in [4.78, 5) is 21.6. The van der Waals surface area contributed by atoms with Crippen LogP contribution >= 0.6 is 0 Å². The predicted octanol–water partition coefficient (Wildman–Crippen LogP) is 1.18. The van der Waals surface area contributed by atoms with Crippen molar-refractivity contribution in [2.75, 3.05) is 19.8 Å². The number of hydrogen-bond donors (Lipinski definition) is 2. The molecule has 1 rings (SSSR count). The highest BCUT2D eigenvalue weighted by molar-refractivity contribution is 5.82. The molecule has 1 fully saturated rings. The number of rotatable bonds is 5.